The maximum absolute atomic E-state index is 10.9. The molecular weight excluding hydrogens is 286 g/mol. The predicted octanol–water partition coefficient (Wildman–Crippen LogP) is 3.98. The fraction of sp³-hybridized carbons (Fsp3) is 0.0667. The highest BCUT2D eigenvalue weighted by Crippen LogP contribution is 2.21. The number of rotatable bonds is 4. The molecule has 0 atom stereocenters. The molecule has 1 aromatic carbocycles. The Balaban J connectivity index is 2.27. The van der Waals surface area contributed by atoms with E-state index in [1.807, 2.05) is 12.3 Å². The molecule has 0 fully saturated rings. The summed E-state index contributed by atoms with van der Waals surface area (Å²) in [5.41, 5.74) is 1.82. The van der Waals surface area contributed by atoms with E-state index in [9.17, 15) is 10.1 Å². The smallest absolute Gasteiger partial charge is 0.258 e. The molecular formula is C15H11N3O2S. The van der Waals surface area contributed by atoms with Crippen molar-refractivity contribution in [3.8, 4) is 6.07 Å². The summed E-state index contributed by atoms with van der Waals surface area (Å²) in [6.07, 6.45) is 4.84. The van der Waals surface area contributed by atoms with Crippen molar-refractivity contribution in [2.75, 3.05) is 0 Å². The zero-order chi connectivity index (χ0) is 15.2. The third kappa shape index (κ3) is 3.61. The maximum Gasteiger partial charge on any atom is 0.276 e. The van der Waals surface area contributed by atoms with Crippen molar-refractivity contribution in [3.63, 3.8) is 0 Å². The molecule has 6 heteroatoms. The summed E-state index contributed by atoms with van der Waals surface area (Å²) in [5, 5.41) is 22.5. The molecule has 0 radical (unpaired) electrons. The van der Waals surface area contributed by atoms with Crippen LogP contribution in [-0.2, 0) is 0 Å². The molecule has 2 aromatic rings. The van der Waals surface area contributed by atoms with Gasteiger partial charge < -0.3 is 0 Å². The Labute approximate surface area is 125 Å². The van der Waals surface area contributed by atoms with Gasteiger partial charge in [0.2, 0.25) is 0 Å². The monoisotopic (exact) mass is 297 g/mol. The van der Waals surface area contributed by atoms with Gasteiger partial charge in [-0.2, -0.15) is 5.26 Å². The number of thiazole rings is 1. The number of allylic oxidation sites excluding steroid dienone is 3. The predicted molar refractivity (Wildman–Crippen MR) is 82.6 cm³/mol. The lowest BCUT2D eigenvalue weighted by Gasteiger charge is -1.95. The van der Waals surface area contributed by atoms with Crippen molar-refractivity contribution in [1.29, 1.82) is 5.26 Å². The molecule has 0 N–H and O–H groups in total. The molecule has 0 aliphatic rings. The van der Waals surface area contributed by atoms with Crippen LogP contribution in [0.1, 0.15) is 16.3 Å². The summed E-state index contributed by atoms with van der Waals surface area (Å²) in [4.78, 5) is 14.7. The highest BCUT2D eigenvalue weighted by Gasteiger charge is 2.09. The Bertz CT molecular complexity index is 769. The van der Waals surface area contributed by atoms with Crippen LogP contribution < -0.4 is 0 Å². The minimum absolute atomic E-state index is 0.0331. The third-order valence-corrected chi connectivity index (χ3v) is 3.64. The lowest BCUT2D eigenvalue weighted by Crippen LogP contribution is -1.90. The number of nitro benzene ring substituents is 1. The van der Waals surface area contributed by atoms with Gasteiger partial charge in [-0.1, -0.05) is 18.2 Å². The first kappa shape index (κ1) is 14.6. The molecule has 0 aliphatic heterocycles. The summed E-state index contributed by atoms with van der Waals surface area (Å²) in [7, 11) is 0. The number of aromatic nitrogens is 1. The molecule has 0 aliphatic carbocycles. The molecule has 0 saturated heterocycles. The Morgan fingerprint density at radius 1 is 1.48 bits per heavy atom. The SMILES string of the molecule is Cc1csc(/C(C#N)=C\C=C\c2ccccc2[N+](=O)[O-])n1. The van der Waals surface area contributed by atoms with Gasteiger partial charge in [-0.15, -0.1) is 11.3 Å². The van der Waals surface area contributed by atoms with E-state index in [-0.39, 0.29) is 5.69 Å². The zero-order valence-corrected chi connectivity index (χ0v) is 12.0. The van der Waals surface area contributed by atoms with Crippen molar-refractivity contribution in [2.24, 2.45) is 0 Å². The van der Waals surface area contributed by atoms with Crippen molar-refractivity contribution in [1.82, 2.24) is 4.98 Å². The van der Waals surface area contributed by atoms with E-state index in [1.165, 1.54) is 17.4 Å². The third-order valence-electron chi connectivity index (χ3n) is 2.64. The van der Waals surface area contributed by atoms with E-state index in [4.69, 9.17) is 5.26 Å². The number of aryl methyl sites for hydroxylation is 1. The standard InChI is InChI=1S/C15H11N3O2S/c1-11-10-21-15(17-11)13(9-16)7-4-6-12-5-2-3-8-14(12)18(19)20/h2-8,10H,1H3/b6-4+,13-7-. The van der Waals surface area contributed by atoms with Gasteiger partial charge >= 0.3 is 0 Å². The largest absolute Gasteiger partial charge is 0.276 e. The fourth-order valence-corrected chi connectivity index (χ4v) is 2.45. The van der Waals surface area contributed by atoms with E-state index < -0.39 is 4.92 Å². The number of nitro groups is 1. The van der Waals surface area contributed by atoms with Crippen LogP contribution in [0, 0.1) is 28.4 Å². The van der Waals surface area contributed by atoms with Crippen LogP contribution in [-0.4, -0.2) is 9.91 Å². The number of nitriles is 1. The maximum atomic E-state index is 10.9. The highest BCUT2D eigenvalue weighted by molar-refractivity contribution is 7.10. The van der Waals surface area contributed by atoms with Gasteiger partial charge in [0.25, 0.3) is 5.69 Å². The second-order valence-electron chi connectivity index (χ2n) is 4.16. The van der Waals surface area contributed by atoms with Gasteiger partial charge in [0, 0.05) is 17.1 Å². The van der Waals surface area contributed by atoms with Gasteiger partial charge in [0.15, 0.2) is 0 Å². The first-order valence-corrected chi connectivity index (χ1v) is 6.94. The highest BCUT2D eigenvalue weighted by atomic mass is 32.1. The summed E-state index contributed by atoms with van der Waals surface area (Å²) in [5.74, 6) is 0. The van der Waals surface area contributed by atoms with Crippen LogP contribution in [0.4, 0.5) is 5.69 Å². The number of nitrogens with zero attached hydrogens (tertiary/aromatic N) is 3. The average molecular weight is 297 g/mol. The number of para-hydroxylation sites is 1. The normalized spacial score (nSPS) is 11.5. The Morgan fingerprint density at radius 3 is 2.86 bits per heavy atom. The molecule has 0 amide bonds. The summed E-state index contributed by atoms with van der Waals surface area (Å²) in [6, 6.07) is 8.52. The van der Waals surface area contributed by atoms with Crippen LogP contribution in [0.5, 0.6) is 0 Å². The van der Waals surface area contributed by atoms with E-state index in [1.54, 1.807) is 36.4 Å². The lowest BCUT2D eigenvalue weighted by atomic mass is 10.1. The van der Waals surface area contributed by atoms with Crippen molar-refractivity contribution in [3.05, 3.63) is 68.2 Å². The van der Waals surface area contributed by atoms with E-state index in [0.717, 1.165) is 5.69 Å². The lowest BCUT2D eigenvalue weighted by molar-refractivity contribution is -0.385. The van der Waals surface area contributed by atoms with Gasteiger partial charge in [0.05, 0.1) is 16.1 Å². The first-order valence-electron chi connectivity index (χ1n) is 6.06. The summed E-state index contributed by atoms with van der Waals surface area (Å²) >= 11 is 1.39. The second kappa shape index (κ2) is 6.59. The fourth-order valence-electron chi connectivity index (χ4n) is 1.68. The van der Waals surface area contributed by atoms with Gasteiger partial charge in [0.1, 0.15) is 11.1 Å². The van der Waals surface area contributed by atoms with Crippen LogP contribution in [0.15, 0.2) is 41.8 Å². The van der Waals surface area contributed by atoms with Gasteiger partial charge in [-0.25, -0.2) is 4.98 Å². The molecule has 1 heterocycles. The molecule has 2 rings (SSSR count). The van der Waals surface area contributed by atoms with Gasteiger partial charge in [-0.3, -0.25) is 10.1 Å². The minimum Gasteiger partial charge on any atom is -0.258 e. The second-order valence-corrected chi connectivity index (χ2v) is 5.02. The topological polar surface area (TPSA) is 79.8 Å². The van der Waals surface area contributed by atoms with E-state index >= 15 is 0 Å². The van der Waals surface area contributed by atoms with Crippen molar-refractivity contribution >= 4 is 28.7 Å². The summed E-state index contributed by atoms with van der Waals surface area (Å²) < 4.78 is 0. The Hall–Kier alpha value is -2.78. The summed E-state index contributed by atoms with van der Waals surface area (Å²) in [6.45, 7) is 1.86. The number of hydrogen-bond donors (Lipinski definition) is 0. The van der Waals surface area contributed by atoms with Crippen molar-refractivity contribution < 1.29 is 4.92 Å². The minimum atomic E-state index is -0.432. The van der Waals surface area contributed by atoms with Crippen molar-refractivity contribution in [2.45, 2.75) is 6.92 Å². The van der Waals surface area contributed by atoms with Crippen LogP contribution in [0.2, 0.25) is 0 Å². The Morgan fingerprint density at radius 2 is 2.24 bits per heavy atom. The van der Waals surface area contributed by atoms with Gasteiger partial charge in [-0.05, 0) is 25.1 Å². The molecule has 0 spiro atoms. The van der Waals surface area contributed by atoms with Crippen LogP contribution >= 0.6 is 11.3 Å². The number of benzene rings is 1. The molecule has 5 nitrogen and oxygen atoms in total. The molecule has 21 heavy (non-hydrogen) atoms. The first-order chi connectivity index (χ1) is 10.1. The van der Waals surface area contributed by atoms with Crippen LogP contribution in [0.25, 0.3) is 11.6 Å². The Kier molecular flexibility index (Phi) is 4.59. The van der Waals surface area contributed by atoms with E-state index in [0.29, 0.717) is 16.1 Å². The molecule has 0 unspecified atom stereocenters. The zero-order valence-electron chi connectivity index (χ0n) is 11.2. The average Bonchev–Trinajstić information content (AvgIpc) is 2.90. The molecule has 0 saturated carbocycles. The van der Waals surface area contributed by atoms with E-state index in [2.05, 4.69) is 11.1 Å². The molecule has 0 bridgehead atoms. The quantitative estimate of drug-likeness (QED) is 0.370. The molecule has 1 aromatic heterocycles. The number of hydrogen-bond acceptors (Lipinski definition) is 5. The molecule has 104 valence electrons. The van der Waals surface area contributed by atoms with Crippen LogP contribution in [0.3, 0.4) is 0 Å².